The Balaban J connectivity index is 0.000000546. The first-order chi connectivity index (χ1) is 16.8. The van der Waals surface area contributed by atoms with Gasteiger partial charge in [-0.15, -0.1) is 12.4 Å². The minimum atomic E-state index is -1.02. The van der Waals surface area contributed by atoms with Crippen molar-refractivity contribution < 1.29 is 34.0 Å². The Bertz CT molecular complexity index is 1060. The Hall–Kier alpha value is -4.13. The van der Waals surface area contributed by atoms with Gasteiger partial charge in [0.05, 0.1) is 37.2 Å². The van der Waals surface area contributed by atoms with Crippen LogP contribution < -0.4 is 9.47 Å². The number of carbonyl (C=O) groups is 2. The number of aromatic nitrogens is 6. The monoisotopic (exact) mass is 538 g/mol. The van der Waals surface area contributed by atoms with E-state index in [4.69, 9.17) is 24.4 Å². The number of nitrogens with zero attached hydrogens (tertiary/aromatic N) is 6. The lowest BCUT2D eigenvalue weighted by atomic mass is 10.2. The number of carbonyl (C=O) groups excluding carboxylic acids is 1. The first-order valence-corrected chi connectivity index (χ1v) is 10.6. The van der Waals surface area contributed by atoms with Crippen molar-refractivity contribution in [2.75, 3.05) is 13.2 Å². The number of aliphatic carboxylic acids is 1. The molecule has 0 saturated carbocycles. The Morgan fingerprint density at radius 2 is 1.08 bits per heavy atom. The summed E-state index contributed by atoms with van der Waals surface area (Å²) in [5.41, 5.74) is -0.496. The fourth-order valence-electron chi connectivity index (χ4n) is 1.95. The van der Waals surface area contributed by atoms with E-state index in [1.165, 1.54) is 37.2 Å². The molecule has 0 aliphatic rings. The number of hydrogen-bond donors (Lipinski definition) is 2. The van der Waals surface area contributed by atoms with E-state index in [1.807, 2.05) is 0 Å². The molecule has 0 amide bonds. The predicted molar refractivity (Wildman–Crippen MR) is 134 cm³/mol. The molecular formula is C23H31ClN6O7. The zero-order valence-electron chi connectivity index (χ0n) is 21.4. The largest absolute Gasteiger partial charge is 0.505 e. The Morgan fingerprint density at radius 1 is 0.730 bits per heavy atom. The third-order valence-electron chi connectivity index (χ3n) is 3.42. The van der Waals surface area contributed by atoms with Crippen LogP contribution in [-0.4, -0.2) is 70.9 Å². The topological polar surface area (TPSA) is 180 Å². The molecule has 0 radical (unpaired) electrons. The van der Waals surface area contributed by atoms with Crippen molar-refractivity contribution >= 4 is 24.3 Å². The van der Waals surface area contributed by atoms with Crippen molar-refractivity contribution in [3.05, 3.63) is 54.7 Å². The average Bonchev–Trinajstić information content (AvgIpc) is 2.80. The molecular weight excluding hydrogens is 508 g/mol. The molecule has 0 fully saturated rings. The molecule has 0 atom stereocenters. The van der Waals surface area contributed by atoms with Crippen LogP contribution in [0.1, 0.15) is 38.2 Å². The summed E-state index contributed by atoms with van der Waals surface area (Å²) in [6, 6.07) is 0. The van der Waals surface area contributed by atoms with Crippen molar-refractivity contribution in [2.24, 2.45) is 0 Å². The molecule has 0 unspecified atom stereocenters. The van der Waals surface area contributed by atoms with Crippen LogP contribution in [-0.2, 0) is 14.3 Å². The SMILES string of the molecule is Cc1ncc(O)cn1.Cc1ncc(OCC(=O)O)cn1.Cc1ncc(OCC(=O)OC(C)(C)C)cn1.Cl. The molecule has 0 spiro atoms. The second kappa shape index (κ2) is 16.5. The van der Waals surface area contributed by atoms with Crippen molar-refractivity contribution in [3.8, 4) is 17.2 Å². The molecule has 3 heterocycles. The van der Waals surface area contributed by atoms with Crippen LogP contribution in [0.4, 0.5) is 0 Å². The van der Waals surface area contributed by atoms with E-state index >= 15 is 0 Å². The van der Waals surface area contributed by atoms with Gasteiger partial charge in [-0.25, -0.2) is 39.5 Å². The molecule has 0 aliphatic carbocycles. The fraction of sp³-hybridized carbons (Fsp3) is 0.391. The zero-order chi connectivity index (χ0) is 27.1. The van der Waals surface area contributed by atoms with Gasteiger partial charge in [-0.3, -0.25) is 0 Å². The average molecular weight is 539 g/mol. The standard InChI is InChI=1S/C11H16N2O3.C7H8N2O3.C5H6N2O.ClH/c1-8-12-5-9(6-13-8)15-7-10(14)16-11(2,3)4;1-5-8-2-6(3-9-5)12-4-7(10)11;1-4-6-2-5(8)3-7-4;/h5-6H,7H2,1-4H3;2-3H,4H2,1H3,(H,10,11);2-3,8H,1H3;1H. The van der Waals surface area contributed by atoms with Crippen molar-refractivity contribution in [1.82, 2.24) is 29.9 Å². The van der Waals surface area contributed by atoms with E-state index in [9.17, 15) is 9.59 Å². The molecule has 3 aromatic heterocycles. The van der Waals surface area contributed by atoms with Crippen LogP contribution in [0.25, 0.3) is 0 Å². The van der Waals surface area contributed by atoms with Gasteiger partial charge in [0.15, 0.2) is 30.5 Å². The van der Waals surface area contributed by atoms with Crippen LogP contribution in [0.5, 0.6) is 17.2 Å². The minimum Gasteiger partial charge on any atom is -0.505 e. The summed E-state index contributed by atoms with van der Waals surface area (Å²) in [6.07, 6.45) is 8.64. The predicted octanol–water partition coefficient (Wildman–Crippen LogP) is 2.67. The van der Waals surface area contributed by atoms with Gasteiger partial charge in [0.2, 0.25) is 0 Å². The van der Waals surface area contributed by atoms with Crippen molar-refractivity contribution in [3.63, 3.8) is 0 Å². The molecule has 14 heteroatoms. The molecule has 0 aliphatic heterocycles. The molecule has 0 aromatic carbocycles. The number of aryl methyl sites for hydroxylation is 3. The highest BCUT2D eigenvalue weighted by atomic mass is 35.5. The van der Waals surface area contributed by atoms with Crippen LogP contribution in [0.2, 0.25) is 0 Å². The third-order valence-corrected chi connectivity index (χ3v) is 3.42. The van der Waals surface area contributed by atoms with E-state index in [1.54, 1.807) is 41.5 Å². The summed E-state index contributed by atoms with van der Waals surface area (Å²) in [5.74, 6) is 1.45. The number of carboxylic acids is 1. The molecule has 0 bridgehead atoms. The van der Waals surface area contributed by atoms with Gasteiger partial charge in [0.1, 0.15) is 23.1 Å². The lowest BCUT2D eigenvalue weighted by Crippen LogP contribution is -2.27. The number of aromatic hydroxyl groups is 1. The molecule has 37 heavy (non-hydrogen) atoms. The van der Waals surface area contributed by atoms with Gasteiger partial charge in [-0.2, -0.15) is 0 Å². The van der Waals surface area contributed by atoms with Crippen LogP contribution in [0.15, 0.2) is 37.2 Å². The number of halogens is 1. The highest BCUT2D eigenvalue weighted by molar-refractivity contribution is 5.85. The molecule has 3 aromatic rings. The molecule has 13 nitrogen and oxygen atoms in total. The lowest BCUT2D eigenvalue weighted by molar-refractivity contribution is -0.157. The van der Waals surface area contributed by atoms with Gasteiger partial charge in [-0.05, 0) is 41.5 Å². The van der Waals surface area contributed by atoms with E-state index in [0.717, 1.165) is 0 Å². The maximum Gasteiger partial charge on any atom is 0.344 e. The van der Waals surface area contributed by atoms with Gasteiger partial charge in [0, 0.05) is 0 Å². The molecule has 202 valence electrons. The normalized spacial score (nSPS) is 9.78. The maximum absolute atomic E-state index is 11.3. The Morgan fingerprint density at radius 3 is 1.41 bits per heavy atom. The Kier molecular flexibility index (Phi) is 14.7. The van der Waals surface area contributed by atoms with Crippen molar-refractivity contribution in [1.29, 1.82) is 0 Å². The summed E-state index contributed by atoms with van der Waals surface area (Å²) in [7, 11) is 0. The number of ether oxygens (including phenoxy) is 3. The first kappa shape index (κ1) is 32.9. The fourth-order valence-corrected chi connectivity index (χ4v) is 1.95. The van der Waals surface area contributed by atoms with Gasteiger partial charge in [0.25, 0.3) is 0 Å². The van der Waals surface area contributed by atoms with Gasteiger partial charge >= 0.3 is 11.9 Å². The molecule has 2 N–H and O–H groups in total. The zero-order valence-corrected chi connectivity index (χ0v) is 22.2. The summed E-state index contributed by atoms with van der Waals surface area (Å²) in [5, 5.41) is 16.9. The lowest BCUT2D eigenvalue weighted by Gasteiger charge is -2.19. The summed E-state index contributed by atoms with van der Waals surface area (Å²) in [6.45, 7) is 10.2. The van der Waals surface area contributed by atoms with Crippen molar-refractivity contribution in [2.45, 2.75) is 47.1 Å². The summed E-state index contributed by atoms with van der Waals surface area (Å²) >= 11 is 0. The highest BCUT2D eigenvalue weighted by Crippen LogP contribution is 2.09. The quantitative estimate of drug-likeness (QED) is 0.437. The third kappa shape index (κ3) is 17.0. The molecule has 3 rings (SSSR count). The number of rotatable bonds is 6. The van der Waals surface area contributed by atoms with E-state index in [2.05, 4.69) is 29.9 Å². The highest BCUT2D eigenvalue weighted by Gasteiger charge is 2.16. The minimum absolute atomic E-state index is 0. The van der Waals surface area contributed by atoms with Gasteiger partial charge < -0.3 is 24.4 Å². The maximum atomic E-state index is 11.3. The number of carboxylic acid groups (broad SMARTS) is 1. The second-order valence-electron chi connectivity index (χ2n) is 7.98. The summed E-state index contributed by atoms with van der Waals surface area (Å²) < 4.78 is 15.0. The van der Waals surface area contributed by atoms with Crippen LogP contribution >= 0.6 is 12.4 Å². The first-order valence-electron chi connectivity index (χ1n) is 10.6. The second-order valence-corrected chi connectivity index (χ2v) is 7.98. The van der Waals surface area contributed by atoms with E-state index in [-0.39, 0.29) is 31.4 Å². The smallest absolute Gasteiger partial charge is 0.344 e. The summed E-state index contributed by atoms with van der Waals surface area (Å²) in [4.78, 5) is 44.4. The number of hydrogen-bond acceptors (Lipinski definition) is 12. The van der Waals surface area contributed by atoms with Gasteiger partial charge in [-0.1, -0.05) is 0 Å². The van der Waals surface area contributed by atoms with Crippen LogP contribution in [0.3, 0.4) is 0 Å². The van der Waals surface area contributed by atoms with E-state index in [0.29, 0.717) is 29.0 Å². The van der Waals surface area contributed by atoms with Crippen LogP contribution in [0, 0.1) is 20.8 Å². The Labute approximate surface area is 220 Å². The number of esters is 1. The molecule has 0 saturated heterocycles. The van der Waals surface area contributed by atoms with E-state index < -0.39 is 17.5 Å².